The number of amides is 2. The Balaban J connectivity index is 1.53. The molecule has 7 nitrogen and oxygen atoms in total. The van der Waals surface area contributed by atoms with Gasteiger partial charge >= 0.3 is 0 Å². The minimum absolute atomic E-state index is 0.0105. The smallest absolute Gasteiger partial charge is 0.293 e. The Morgan fingerprint density at radius 1 is 1.13 bits per heavy atom. The first kappa shape index (κ1) is 20.2. The summed E-state index contributed by atoms with van der Waals surface area (Å²) in [6.45, 7) is 4.14. The molecule has 0 N–H and O–H groups in total. The predicted molar refractivity (Wildman–Crippen MR) is 117 cm³/mol. The molecular weight excluding hydrogens is 402 g/mol. The fraction of sp³-hybridized carbons (Fsp3) is 0.273. The fourth-order valence-corrected chi connectivity index (χ4v) is 4.55. The molecule has 0 saturated carbocycles. The summed E-state index contributed by atoms with van der Waals surface area (Å²) in [5.74, 6) is -0.375. The number of nitro benzene ring substituents is 1. The molecule has 2 aromatic rings. The minimum Gasteiger partial charge on any atom is -0.372 e. The van der Waals surface area contributed by atoms with E-state index in [1.54, 1.807) is 18.2 Å². The van der Waals surface area contributed by atoms with Gasteiger partial charge in [0.15, 0.2) is 0 Å². The van der Waals surface area contributed by atoms with Gasteiger partial charge in [0.1, 0.15) is 0 Å². The third-order valence-corrected chi connectivity index (χ3v) is 6.25. The van der Waals surface area contributed by atoms with Crippen LogP contribution < -0.4 is 4.90 Å². The number of carbonyl (C=O) groups excluding carboxylic acids is 2. The van der Waals surface area contributed by atoms with Crippen LogP contribution in [0.1, 0.15) is 29.5 Å². The molecule has 0 radical (unpaired) electrons. The van der Waals surface area contributed by atoms with E-state index < -0.39 is 4.92 Å². The SMILES string of the molecule is Cc1cc(N2CCCC2)ccc1/C=C1\SC(=O)N(Cc2cccc([N+](=O)[O-])c2)C1=O. The third kappa shape index (κ3) is 4.09. The molecule has 0 unspecified atom stereocenters. The minimum atomic E-state index is -0.494. The highest BCUT2D eigenvalue weighted by Gasteiger charge is 2.35. The normalized spacial score (nSPS) is 18.0. The van der Waals surface area contributed by atoms with Gasteiger partial charge < -0.3 is 4.90 Å². The van der Waals surface area contributed by atoms with Crippen LogP contribution >= 0.6 is 11.8 Å². The van der Waals surface area contributed by atoms with Crippen molar-refractivity contribution < 1.29 is 14.5 Å². The fourth-order valence-electron chi connectivity index (χ4n) is 3.72. The largest absolute Gasteiger partial charge is 0.372 e. The Bertz CT molecular complexity index is 1060. The van der Waals surface area contributed by atoms with Crippen LogP contribution in [0.15, 0.2) is 47.4 Å². The number of rotatable bonds is 5. The molecule has 0 aliphatic carbocycles. The van der Waals surface area contributed by atoms with E-state index in [-0.39, 0.29) is 23.4 Å². The van der Waals surface area contributed by atoms with E-state index in [0.717, 1.165) is 40.9 Å². The van der Waals surface area contributed by atoms with Crippen LogP contribution in [0.2, 0.25) is 0 Å². The highest BCUT2D eigenvalue weighted by molar-refractivity contribution is 8.18. The molecule has 0 spiro atoms. The maximum Gasteiger partial charge on any atom is 0.293 e. The summed E-state index contributed by atoms with van der Waals surface area (Å²) < 4.78 is 0. The average Bonchev–Trinajstić information content (AvgIpc) is 3.35. The lowest BCUT2D eigenvalue weighted by Gasteiger charge is -2.18. The first-order valence-corrected chi connectivity index (χ1v) is 10.6. The number of thioether (sulfide) groups is 1. The van der Waals surface area contributed by atoms with E-state index in [1.165, 1.54) is 30.7 Å². The zero-order valence-electron chi connectivity index (χ0n) is 16.5. The molecule has 30 heavy (non-hydrogen) atoms. The highest BCUT2D eigenvalue weighted by Crippen LogP contribution is 2.34. The van der Waals surface area contributed by atoms with E-state index in [0.29, 0.717) is 10.5 Å². The van der Waals surface area contributed by atoms with Crippen LogP contribution in [0.25, 0.3) is 6.08 Å². The van der Waals surface area contributed by atoms with Crippen molar-refractivity contribution in [2.24, 2.45) is 0 Å². The van der Waals surface area contributed by atoms with Crippen LogP contribution in [-0.2, 0) is 11.3 Å². The predicted octanol–water partition coefficient (Wildman–Crippen LogP) is 4.74. The van der Waals surface area contributed by atoms with Gasteiger partial charge in [-0.25, -0.2) is 0 Å². The molecular formula is C22H21N3O4S. The molecule has 2 saturated heterocycles. The number of hydrogen-bond acceptors (Lipinski definition) is 6. The lowest BCUT2D eigenvalue weighted by molar-refractivity contribution is -0.384. The van der Waals surface area contributed by atoms with E-state index in [2.05, 4.69) is 17.0 Å². The van der Waals surface area contributed by atoms with Gasteiger partial charge in [0.25, 0.3) is 16.8 Å². The van der Waals surface area contributed by atoms with Crippen LogP contribution in [-0.4, -0.2) is 34.1 Å². The first-order valence-electron chi connectivity index (χ1n) is 9.77. The van der Waals surface area contributed by atoms with Gasteiger partial charge in [-0.15, -0.1) is 0 Å². The van der Waals surface area contributed by atoms with Gasteiger partial charge in [0, 0.05) is 30.9 Å². The summed E-state index contributed by atoms with van der Waals surface area (Å²) in [5.41, 5.74) is 3.60. The summed E-state index contributed by atoms with van der Waals surface area (Å²) in [7, 11) is 0. The quantitative estimate of drug-likeness (QED) is 0.392. The van der Waals surface area contributed by atoms with E-state index in [4.69, 9.17) is 0 Å². The maximum absolute atomic E-state index is 12.8. The highest BCUT2D eigenvalue weighted by atomic mass is 32.2. The molecule has 0 atom stereocenters. The molecule has 154 valence electrons. The van der Waals surface area contributed by atoms with Gasteiger partial charge in [-0.3, -0.25) is 24.6 Å². The van der Waals surface area contributed by atoms with E-state index >= 15 is 0 Å². The van der Waals surface area contributed by atoms with Gasteiger partial charge in [-0.05, 0) is 66.4 Å². The molecule has 2 aromatic carbocycles. The molecule has 0 bridgehead atoms. The van der Waals surface area contributed by atoms with Crippen molar-refractivity contribution in [3.05, 3.63) is 74.2 Å². The van der Waals surface area contributed by atoms with Crippen molar-refractivity contribution in [1.82, 2.24) is 4.90 Å². The number of anilines is 1. The number of non-ortho nitro benzene ring substituents is 1. The maximum atomic E-state index is 12.8. The summed E-state index contributed by atoms with van der Waals surface area (Å²) in [6.07, 6.45) is 4.17. The number of hydrogen-bond donors (Lipinski definition) is 0. The lowest BCUT2D eigenvalue weighted by Crippen LogP contribution is -2.27. The summed E-state index contributed by atoms with van der Waals surface area (Å²) >= 11 is 0.899. The van der Waals surface area contributed by atoms with Crippen molar-refractivity contribution in [3.63, 3.8) is 0 Å². The standard InChI is InChI=1S/C22H21N3O4S/c1-15-11-18(23-9-2-3-10-23)8-7-17(15)13-20-21(26)24(22(27)30-20)14-16-5-4-6-19(12-16)25(28)29/h4-8,11-13H,2-3,9-10,14H2,1H3/b20-13-. The molecule has 4 rings (SSSR count). The van der Waals surface area contributed by atoms with Crippen LogP contribution in [0, 0.1) is 17.0 Å². The van der Waals surface area contributed by atoms with Gasteiger partial charge in [-0.1, -0.05) is 18.2 Å². The molecule has 2 heterocycles. The second-order valence-electron chi connectivity index (χ2n) is 7.43. The van der Waals surface area contributed by atoms with Gasteiger partial charge in [-0.2, -0.15) is 0 Å². The number of nitrogens with zero attached hydrogens (tertiary/aromatic N) is 3. The average molecular weight is 423 g/mol. The number of imide groups is 1. The Hall–Kier alpha value is -3.13. The number of benzene rings is 2. The topological polar surface area (TPSA) is 83.8 Å². The molecule has 2 aliphatic rings. The zero-order chi connectivity index (χ0) is 21.3. The van der Waals surface area contributed by atoms with Crippen molar-refractivity contribution >= 4 is 40.4 Å². The second-order valence-corrected chi connectivity index (χ2v) is 8.42. The van der Waals surface area contributed by atoms with E-state index in [1.807, 2.05) is 13.0 Å². The Morgan fingerprint density at radius 3 is 2.60 bits per heavy atom. The zero-order valence-corrected chi connectivity index (χ0v) is 17.4. The molecule has 2 fully saturated rings. The van der Waals surface area contributed by atoms with Gasteiger partial charge in [0.05, 0.1) is 16.4 Å². The van der Waals surface area contributed by atoms with Crippen molar-refractivity contribution in [2.75, 3.05) is 18.0 Å². The first-order chi connectivity index (χ1) is 14.4. The number of nitro groups is 1. The summed E-state index contributed by atoms with van der Waals surface area (Å²) in [4.78, 5) is 39.5. The Morgan fingerprint density at radius 2 is 1.90 bits per heavy atom. The lowest BCUT2D eigenvalue weighted by atomic mass is 10.1. The summed E-state index contributed by atoms with van der Waals surface area (Å²) in [6, 6.07) is 12.1. The summed E-state index contributed by atoms with van der Waals surface area (Å²) in [5, 5.41) is 10.6. The molecule has 2 amide bonds. The number of carbonyl (C=O) groups is 2. The Kier molecular flexibility index (Phi) is 5.59. The van der Waals surface area contributed by atoms with Crippen LogP contribution in [0.3, 0.4) is 0 Å². The third-order valence-electron chi connectivity index (χ3n) is 5.35. The Labute approximate surface area is 178 Å². The number of aryl methyl sites for hydroxylation is 1. The van der Waals surface area contributed by atoms with Crippen LogP contribution in [0.4, 0.5) is 16.2 Å². The van der Waals surface area contributed by atoms with Gasteiger partial charge in [0.2, 0.25) is 0 Å². The van der Waals surface area contributed by atoms with Crippen molar-refractivity contribution in [3.8, 4) is 0 Å². The van der Waals surface area contributed by atoms with Crippen LogP contribution in [0.5, 0.6) is 0 Å². The van der Waals surface area contributed by atoms with Crippen molar-refractivity contribution in [2.45, 2.75) is 26.3 Å². The molecule has 0 aromatic heterocycles. The van der Waals surface area contributed by atoms with E-state index in [9.17, 15) is 19.7 Å². The second kappa shape index (κ2) is 8.31. The molecule has 2 aliphatic heterocycles. The van der Waals surface area contributed by atoms with Crippen molar-refractivity contribution in [1.29, 1.82) is 0 Å². The monoisotopic (exact) mass is 423 g/mol. The molecule has 8 heteroatoms.